The van der Waals surface area contributed by atoms with Gasteiger partial charge < -0.3 is 33.8 Å². The minimum atomic E-state index is -5.01. The molecular formula is C93H152O17P2. The zero-order valence-corrected chi connectivity index (χ0v) is 71.6. The van der Waals surface area contributed by atoms with Gasteiger partial charge in [-0.2, -0.15) is 0 Å². The molecule has 3 N–H and O–H groups in total. The Balaban J connectivity index is 5.49. The van der Waals surface area contributed by atoms with Crippen molar-refractivity contribution in [3.63, 3.8) is 0 Å². The number of carbonyl (C=O) groups is 4. The minimum absolute atomic E-state index is 0.0255. The number of carbonyl (C=O) groups excluding carboxylic acids is 4. The molecule has 112 heavy (non-hydrogen) atoms. The molecule has 0 saturated carbocycles. The molecule has 0 bridgehead atoms. The van der Waals surface area contributed by atoms with E-state index in [1.807, 2.05) is 18.2 Å². The molecule has 0 spiro atoms. The van der Waals surface area contributed by atoms with Crippen molar-refractivity contribution in [3.8, 4) is 0 Å². The summed E-state index contributed by atoms with van der Waals surface area (Å²) in [6.07, 6.45) is 101. The second-order valence-corrected chi connectivity index (χ2v) is 30.9. The first-order valence-corrected chi connectivity index (χ1v) is 46.0. The molecule has 17 nitrogen and oxygen atoms in total. The normalized spacial score (nSPS) is 14.7. The smallest absolute Gasteiger partial charge is 0.462 e. The molecular weight excluding hydrogens is 1450 g/mol. The summed E-state index contributed by atoms with van der Waals surface area (Å²) in [5.74, 6) is -2.33. The molecule has 0 fully saturated rings. The summed E-state index contributed by atoms with van der Waals surface area (Å²) in [5, 5.41) is 10.7. The van der Waals surface area contributed by atoms with Gasteiger partial charge in [0.05, 0.1) is 26.4 Å². The predicted octanol–water partition coefficient (Wildman–Crippen LogP) is 25.9. The molecule has 5 atom stereocenters. The lowest BCUT2D eigenvalue weighted by Gasteiger charge is -2.21. The number of rotatable bonds is 79. The summed E-state index contributed by atoms with van der Waals surface area (Å²) in [6.45, 7) is 4.47. The first-order valence-electron chi connectivity index (χ1n) is 43.0. The number of aliphatic hydroxyl groups is 1. The van der Waals surface area contributed by atoms with Gasteiger partial charge in [0, 0.05) is 25.7 Å². The molecule has 0 radical (unpaired) electrons. The Kier molecular flexibility index (Phi) is 78.8. The van der Waals surface area contributed by atoms with Gasteiger partial charge in [-0.15, -0.1) is 0 Å². The number of phosphoric acid groups is 2. The van der Waals surface area contributed by atoms with Gasteiger partial charge in [-0.25, -0.2) is 9.13 Å². The second kappa shape index (κ2) is 83.1. The third-order valence-electron chi connectivity index (χ3n) is 17.3. The van der Waals surface area contributed by atoms with Crippen LogP contribution >= 0.6 is 15.6 Å². The summed E-state index contributed by atoms with van der Waals surface area (Å²) < 4.78 is 68.7. The van der Waals surface area contributed by atoms with Gasteiger partial charge >= 0.3 is 39.5 Å². The van der Waals surface area contributed by atoms with Crippen LogP contribution in [0.5, 0.6) is 0 Å². The number of unbranched alkanes of at least 4 members (excludes halogenated alkanes) is 23. The van der Waals surface area contributed by atoms with Crippen LogP contribution in [0, 0.1) is 0 Å². The van der Waals surface area contributed by atoms with Crippen LogP contribution in [0.1, 0.15) is 323 Å². The quantitative estimate of drug-likeness (QED) is 0.0169. The molecule has 5 unspecified atom stereocenters. The highest BCUT2D eigenvalue weighted by Gasteiger charge is 2.30. The van der Waals surface area contributed by atoms with Gasteiger partial charge in [0.2, 0.25) is 0 Å². The number of hydrogen-bond acceptors (Lipinski definition) is 15. The van der Waals surface area contributed by atoms with Crippen LogP contribution in [0.25, 0.3) is 0 Å². The summed E-state index contributed by atoms with van der Waals surface area (Å²) >= 11 is 0. The Labute approximate surface area is 679 Å². The fraction of sp³-hybridized carbons (Fsp3) is 0.634. The van der Waals surface area contributed by atoms with Crippen molar-refractivity contribution in [2.24, 2.45) is 0 Å². The van der Waals surface area contributed by atoms with Crippen molar-refractivity contribution in [3.05, 3.63) is 182 Å². The fourth-order valence-electron chi connectivity index (χ4n) is 10.9. The van der Waals surface area contributed by atoms with E-state index in [-0.39, 0.29) is 25.7 Å². The molecule has 0 aromatic rings. The van der Waals surface area contributed by atoms with Crippen molar-refractivity contribution in [2.75, 3.05) is 39.6 Å². The molecule has 0 saturated heterocycles. The largest absolute Gasteiger partial charge is 0.472 e. The van der Waals surface area contributed by atoms with Gasteiger partial charge in [-0.3, -0.25) is 37.3 Å². The van der Waals surface area contributed by atoms with Crippen molar-refractivity contribution in [1.82, 2.24) is 0 Å². The van der Waals surface area contributed by atoms with E-state index in [9.17, 15) is 43.2 Å². The Hall–Kier alpha value is -5.84. The van der Waals surface area contributed by atoms with E-state index in [1.54, 1.807) is 0 Å². The van der Waals surface area contributed by atoms with Gasteiger partial charge in [0.15, 0.2) is 12.2 Å². The van der Waals surface area contributed by atoms with E-state index in [2.05, 4.69) is 192 Å². The zero-order chi connectivity index (χ0) is 81.7. The van der Waals surface area contributed by atoms with Gasteiger partial charge in [0.25, 0.3) is 0 Å². The molecule has 0 aromatic carbocycles. The molecule has 0 aliphatic heterocycles. The Morgan fingerprint density at radius 1 is 0.259 bits per heavy atom. The third-order valence-corrected chi connectivity index (χ3v) is 19.2. The maximum absolute atomic E-state index is 13.2. The highest BCUT2D eigenvalue weighted by Crippen LogP contribution is 2.45. The van der Waals surface area contributed by atoms with Crippen molar-refractivity contribution < 1.29 is 80.2 Å². The Bertz CT molecular complexity index is 2840. The van der Waals surface area contributed by atoms with E-state index in [0.717, 1.165) is 199 Å². The molecule has 0 amide bonds. The van der Waals surface area contributed by atoms with Crippen molar-refractivity contribution in [1.29, 1.82) is 0 Å². The lowest BCUT2D eigenvalue weighted by Crippen LogP contribution is -2.30. The fourth-order valence-corrected chi connectivity index (χ4v) is 12.4. The number of ether oxygens (including phenoxy) is 4. The van der Waals surface area contributed by atoms with Crippen LogP contribution in [0.15, 0.2) is 182 Å². The van der Waals surface area contributed by atoms with Crippen molar-refractivity contribution in [2.45, 2.75) is 341 Å². The van der Waals surface area contributed by atoms with Gasteiger partial charge in [0.1, 0.15) is 19.3 Å². The second-order valence-electron chi connectivity index (χ2n) is 28.0. The maximum Gasteiger partial charge on any atom is 0.472 e. The van der Waals surface area contributed by atoms with Crippen LogP contribution in [0.3, 0.4) is 0 Å². The average Bonchev–Trinajstić information content (AvgIpc) is 0.898. The van der Waals surface area contributed by atoms with Crippen LogP contribution in [-0.4, -0.2) is 96.7 Å². The highest BCUT2D eigenvalue weighted by molar-refractivity contribution is 7.47. The molecule has 0 heterocycles. The number of aliphatic hydroxyl groups excluding tert-OH is 1. The first kappa shape index (κ1) is 106. The van der Waals surface area contributed by atoms with Crippen LogP contribution in [-0.2, 0) is 65.4 Å². The standard InChI is InChI=1S/C93H152O17P2/c1-5-9-13-17-21-25-29-33-37-40-43-46-50-53-57-61-65-69-73-77-90(95)103-83-88(109-92(97)79-75-71-67-63-59-55-49-36-32-28-24-20-16-12-8-4)85-107-111(99,100)105-81-87(94)82-106-112(101,102)108-86-89(110-93(98)80-76-72-68-64-60-56-52-48-45-42-39-35-31-27-23-19-15-11-7-3)84-104-91(96)78-74-70-66-62-58-54-51-47-44-41-38-34-30-26-22-18-14-10-6-2/h9,12-13,16,21-28,33-39,43-49,53,57,65,69,87-89,94H,5-8,10-11,14-15,17-20,29-32,40-42,50-52,54-56,58-64,66-68,70-86H2,1-4H3,(H,99,100)(H,101,102)/b13-9-,16-12-,25-21-,26-22-,27-23-,28-24-,37-33-,38-34-,39-35-,46-43-,47-44-,48-45-,49-36-,57-53-,69-65-. The SMILES string of the molecule is CC/C=C\C/C=C\C/C=C\C/C=C\C/C=C\C/C=C\CCC(=O)OCC(COP(=O)(O)OCC(O)COP(=O)(O)OCC(COC(=O)CCCCCCCC/C=C\C/C=C\C/C=C\CCCCC)OC(=O)CCCCCCCC/C=C\C/C=C\C/C=C\CCCCC)OC(=O)CCCCCCC/C=C\C/C=C\C/C=C\CC. The maximum atomic E-state index is 13.2. The number of phosphoric ester groups is 2. The summed E-state index contributed by atoms with van der Waals surface area (Å²) in [5.41, 5.74) is 0. The Morgan fingerprint density at radius 2 is 0.482 bits per heavy atom. The lowest BCUT2D eigenvalue weighted by atomic mass is 10.1. The van der Waals surface area contributed by atoms with E-state index in [1.165, 1.54) is 38.5 Å². The van der Waals surface area contributed by atoms with E-state index in [0.29, 0.717) is 32.1 Å². The molecule has 0 aromatic heterocycles. The molecule has 0 aliphatic carbocycles. The highest BCUT2D eigenvalue weighted by atomic mass is 31.2. The van der Waals surface area contributed by atoms with Crippen molar-refractivity contribution >= 4 is 39.5 Å². The number of hydrogen-bond donors (Lipinski definition) is 3. The topological polar surface area (TPSA) is 237 Å². The van der Waals surface area contributed by atoms with E-state index in [4.69, 9.17) is 37.0 Å². The average molecular weight is 1600 g/mol. The first-order chi connectivity index (χ1) is 54.7. The number of allylic oxidation sites excluding steroid dienone is 30. The molecule has 19 heteroatoms. The van der Waals surface area contributed by atoms with E-state index >= 15 is 0 Å². The predicted molar refractivity (Wildman–Crippen MR) is 463 cm³/mol. The van der Waals surface area contributed by atoms with Gasteiger partial charge in [-0.05, 0) is 173 Å². The summed E-state index contributed by atoms with van der Waals surface area (Å²) in [7, 11) is -10.0. The van der Waals surface area contributed by atoms with E-state index < -0.39 is 97.5 Å². The van der Waals surface area contributed by atoms with Crippen LogP contribution in [0.4, 0.5) is 0 Å². The third kappa shape index (κ3) is 82.2. The zero-order valence-electron chi connectivity index (χ0n) is 69.8. The summed E-state index contributed by atoms with van der Waals surface area (Å²) in [4.78, 5) is 73.3. The van der Waals surface area contributed by atoms with Crippen LogP contribution in [0.2, 0.25) is 0 Å². The molecule has 636 valence electrons. The lowest BCUT2D eigenvalue weighted by molar-refractivity contribution is -0.161. The van der Waals surface area contributed by atoms with Gasteiger partial charge in [-0.1, -0.05) is 306 Å². The number of esters is 4. The molecule has 0 aliphatic rings. The van der Waals surface area contributed by atoms with Crippen LogP contribution < -0.4 is 0 Å². The molecule has 0 rings (SSSR count). The Morgan fingerprint density at radius 3 is 0.768 bits per heavy atom. The minimum Gasteiger partial charge on any atom is -0.462 e. The summed E-state index contributed by atoms with van der Waals surface area (Å²) in [6, 6.07) is 0. The monoisotopic (exact) mass is 1600 g/mol.